The van der Waals surface area contributed by atoms with E-state index in [1.165, 1.54) is 0 Å². The Morgan fingerprint density at radius 3 is 2.60 bits per heavy atom. The highest BCUT2D eigenvalue weighted by atomic mass is 15.4. The fourth-order valence-corrected chi connectivity index (χ4v) is 2.71. The van der Waals surface area contributed by atoms with Crippen LogP contribution >= 0.6 is 0 Å². The van der Waals surface area contributed by atoms with E-state index in [0.29, 0.717) is 11.7 Å². The first-order valence-electron chi connectivity index (χ1n) is 8.82. The van der Waals surface area contributed by atoms with Crippen molar-refractivity contribution in [3.05, 3.63) is 36.4 Å². The van der Waals surface area contributed by atoms with Gasteiger partial charge >= 0.3 is 0 Å². The van der Waals surface area contributed by atoms with Crippen LogP contribution in [0, 0.1) is 0 Å². The van der Waals surface area contributed by atoms with Gasteiger partial charge < -0.3 is 10.6 Å². The predicted octanol–water partition coefficient (Wildman–Crippen LogP) is 3.99. The topological polar surface area (TPSA) is 80.0 Å². The van der Waals surface area contributed by atoms with E-state index in [1.54, 1.807) is 12.4 Å². The van der Waals surface area contributed by atoms with E-state index < -0.39 is 0 Å². The average Bonchev–Trinajstić information content (AvgIpc) is 3.05. The van der Waals surface area contributed by atoms with Crippen molar-refractivity contribution in [2.45, 2.75) is 52.5 Å². The third kappa shape index (κ3) is 3.70. The number of hydrogen-bond donors (Lipinski definition) is 2. The lowest BCUT2D eigenvalue weighted by Gasteiger charge is -2.17. The molecule has 0 aliphatic heterocycles. The summed E-state index contributed by atoms with van der Waals surface area (Å²) in [6.45, 7) is 8.53. The molecule has 3 heterocycles. The maximum absolute atomic E-state index is 4.72. The summed E-state index contributed by atoms with van der Waals surface area (Å²) in [4.78, 5) is 4.16. The molecule has 2 N–H and O–H groups in total. The van der Waals surface area contributed by atoms with Gasteiger partial charge in [0, 0.05) is 24.2 Å². The molecule has 0 amide bonds. The van der Waals surface area contributed by atoms with Gasteiger partial charge in [0.1, 0.15) is 5.82 Å². The molecular weight excluding hydrogens is 314 g/mol. The smallest absolute Gasteiger partial charge is 0.201 e. The van der Waals surface area contributed by atoms with Crippen LogP contribution in [0.3, 0.4) is 0 Å². The molecule has 3 aromatic heterocycles. The van der Waals surface area contributed by atoms with E-state index in [4.69, 9.17) is 5.10 Å². The summed E-state index contributed by atoms with van der Waals surface area (Å²) in [5.74, 6) is 1.89. The number of pyridine rings is 1. The third-order valence-electron chi connectivity index (χ3n) is 4.19. The molecule has 7 nitrogen and oxygen atoms in total. The van der Waals surface area contributed by atoms with Gasteiger partial charge in [-0.2, -0.15) is 4.52 Å². The molecule has 0 aliphatic rings. The van der Waals surface area contributed by atoms with Crippen LogP contribution in [0.2, 0.25) is 0 Å². The zero-order valence-electron chi connectivity index (χ0n) is 15.2. The number of nitrogens with one attached hydrogen (secondary N) is 2. The largest absolute Gasteiger partial charge is 0.366 e. The lowest BCUT2D eigenvalue weighted by atomic mass is 10.2. The van der Waals surface area contributed by atoms with Crippen molar-refractivity contribution in [1.82, 2.24) is 24.8 Å². The Morgan fingerprint density at radius 1 is 1.16 bits per heavy atom. The Balaban J connectivity index is 2.06. The summed E-state index contributed by atoms with van der Waals surface area (Å²) >= 11 is 0. The minimum absolute atomic E-state index is 0.233. The monoisotopic (exact) mass is 339 g/mol. The van der Waals surface area contributed by atoms with Crippen LogP contribution in [-0.4, -0.2) is 30.8 Å². The highest BCUT2D eigenvalue weighted by Gasteiger charge is 2.16. The van der Waals surface area contributed by atoms with Crippen molar-refractivity contribution in [1.29, 1.82) is 0 Å². The van der Waals surface area contributed by atoms with E-state index in [2.05, 4.69) is 53.5 Å². The fraction of sp³-hybridized carbons (Fsp3) is 0.444. The average molecular weight is 339 g/mol. The Kier molecular flexibility index (Phi) is 5.11. The van der Waals surface area contributed by atoms with Crippen molar-refractivity contribution in [3.63, 3.8) is 0 Å². The molecule has 0 saturated carbocycles. The molecule has 0 saturated heterocycles. The Hall–Kier alpha value is -2.70. The molecule has 0 spiro atoms. The van der Waals surface area contributed by atoms with Crippen molar-refractivity contribution in [2.75, 3.05) is 10.6 Å². The molecule has 3 aromatic rings. The van der Waals surface area contributed by atoms with Crippen molar-refractivity contribution < 1.29 is 0 Å². The lowest BCUT2D eigenvalue weighted by molar-refractivity contribution is 0.661. The maximum atomic E-state index is 4.72. The Labute approximate surface area is 147 Å². The van der Waals surface area contributed by atoms with Crippen LogP contribution in [-0.2, 0) is 0 Å². The molecular formula is C18H25N7. The number of aromatic nitrogens is 5. The standard InChI is InChI=1S/C18H25N7/c1-5-13(6-2)21-16-10-15(20-14-8-7-9-19-11-14)18-23-22-17(12(3)4)25(18)24-16/h7-13,20H,5-6H2,1-4H3,(H,21,24). The second-order valence-corrected chi connectivity index (χ2v) is 6.42. The summed E-state index contributed by atoms with van der Waals surface area (Å²) in [7, 11) is 0. The third-order valence-corrected chi connectivity index (χ3v) is 4.19. The van der Waals surface area contributed by atoms with Gasteiger partial charge in [-0.05, 0) is 25.0 Å². The van der Waals surface area contributed by atoms with Gasteiger partial charge in [0.25, 0.3) is 0 Å². The molecule has 3 rings (SSSR count). The first kappa shape index (κ1) is 17.1. The van der Waals surface area contributed by atoms with E-state index in [1.807, 2.05) is 22.7 Å². The molecule has 132 valence electrons. The van der Waals surface area contributed by atoms with Crippen LogP contribution < -0.4 is 10.6 Å². The minimum Gasteiger partial charge on any atom is -0.366 e. The van der Waals surface area contributed by atoms with E-state index in [9.17, 15) is 0 Å². The van der Waals surface area contributed by atoms with Gasteiger partial charge in [0.2, 0.25) is 5.65 Å². The Morgan fingerprint density at radius 2 is 1.96 bits per heavy atom. The van der Waals surface area contributed by atoms with Crippen molar-refractivity contribution in [3.8, 4) is 0 Å². The van der Waals surface area contributed by atoms with Gasteiger partial charge in [-0.25, -0.2) is 0 Å². The van der Waals surface area contributed by atoms with Gasteiger partial charge in [0.15, 0.2) is 5.82 Å². The van der Waals surface area contributed by atoms with Crippen molar-refractivity contribution in [2.24, 2.45) is 0 Å². The second-order valence-electron chi connectivity index (χ2n) is 6.42. The molecule has 25 heavy (non-hydrogen) atoms. The van der Waals surface area contributed by atoms with Crippen LogP contribution in [0.4, 0.5) is 17.2 Å². The minimum atomic E-state index is 0.233. The number of rotatable bonds is 7. The Bertz CT molecular complexity index is 822. The maximum Gasteiger partial charge on any atom is 0.201 e. The molecule has 0 aliphatic carbocycles. The summed E-state index contributed by atoms with van der Waals surface area (Å²) in [5.41, 5.74) is 2.47. The van der Waals surface area contributed by atoms with Gasteiger partial charge in [-0.1, -0.05) is 27.7 Å². The lowest BCUT2D eigenvalue weighted by Crippen LogP contribution is -2.19. The quantitative estimate of drug-likeness (QED) is 0.677. The highest BCUT2D eigenvalue weighted by Crippen LogP contribution is 2.25. The summed E-state index contributed by atoms with van der Waals surface area (Å²) in [6.07, 6.45) is 5.62. The summed E-state index contributed by atoms with van der Waals surface area (Å²) in [5, 5.41) is 20.3. The summed E-state index contributed by atoms with van der Waals surface area (Å²) < 4.78 is 1.83. The number of nitrogens with zero attached hydrogens (tertiary/aromatic N) is 5. The second kappa shape index (κ2) is 7.46. The van der Waals surface area contributed by atoms with E-state index >= 15 is 0 Å². The molecule has 0 unspecified atom stereocenters. The van der Waals surface area contributed by atoms with Crippen molar-refractivity contribution >= 4 is 22.8 Å². The van der Waals surface area contributed by atoms with Gasteiger partial charge in [0.05, 0.1) is 17.6 Å². The van der Waals surface area contributed by atoms with Crippen LogP contribution in [0.15, 0.2) is 30.6 Å². The van der Waals surface area contributed by atoms with Crippen LogP contribution in [0.25, 0.3) is 5.65 Å². The highest BCUT2D eigenvalue weighted by molar-refractivity contribution is 5.75. The van der Waals surface area contributed by atoms with Crippen LogP contribution in [0.1, 0.15) is 52.3 Å². The van der Waals surface area contributed by atoms with E-state index in [0.717, 1.165) is 35.9 Å². The molecule has 0 radical (unpaired) electrons. The number of fused-ring (bicyclic) bond motifs is 1. The molecule has 0 atom stereocenters. The van der Waals surface area contributed by atoms with Gasteiger partial charge in [-0.3, -0.25) is 4.98 Å². The van der Waals surface area contributed by atoms with Gasteiger partial charge in [-0.15, -0.1) is 15.3 Å². The molecule has 0 bridgehead atoms. The fourth-order valence-electron chi connectivity index (χ4n) is 2.71. The predicted molar refractivity (Wildman–Crippen MR) is 100 cm³/mol. The zero-order valence-corrected chi connectivity index (χ0v) is 15.2. The number of hydrogen-bond acceptors (Lipinski definition) is 6. The normalized spacial score (nSPS) is 11.4. The number of anilines is 3. The first-order chi connectivity index (χ1) is 12.1. The SMILES string of the molecule is CCC(CC)Nc1cc(Nc2cccnc2)c2nnc(C(C)C)n2n1. The zero-order chi connectivity index (χ0) is 17.8. The molecule has 7 heteroatoms. The van der Waals surface area contributed by atoms with Crippen LogP contribution in [0.5, 0.6) is 0 Å². The molecule has 0 aromatic carbocycles. The summed E-state index contributed by atoms with van der Waals surface area (Å²) in [6, 6.07) is 6.24. The first-order valence-corrected chi connectivity index (χ1v) is 8.82. The van der Waals surface area contributed by atoms with E-state index in [-0.39, 0.29) is 5.92 Å². The molecule has 0 fully saturated rings.